The number of aliphatic hydroxyl groups is 1. The predicted molar refractivity (Wildman–Crippen MR) is 147 cm³/mol. The highest BCUT2D eigenvalue weighted by atomic mass is 35.5. The molecule has 0 unspecified atom stereocenters. The van der Waals surface area contributed by atoms with Crippen molar-refractivity contribution in [2.24, 2.45) is 5.73 Å². The molecule has 39 heavy (non-hydrogen) atoms. The summed E-state index contributed by atoms with van der Waals surface area (Å²) in [6.07, 6.45) is -1.12. The third-order valence-corrected chi connectivity index (χ3v) is 6.20. The lowest BCUT2D eigenvalue weighted by molar-refractivity contribution is -0.131. The maximum Gasteiger partial charge on any atom is 0.316 e. The van der Waals surface area contributed by atoms with E-state index in [0.717, 1.165) is 11.3 Å². The van der Waals surface area contributed by atoms with Crippen molar-refractivity contribution in [3.8, 4) is 23.0 Å². The fraction of sp³-hybridized carbons (Fsp3) is 0.296. The molecular weight excluding hydrogens is 549 g/mol. The number of β-amino-alcohol motifs (C(OH)–C–C–N with tert-alkyl or cyclic N) is 1. The number of aliphatic hydroxyl groups excluding tert-OH is 1. The van der Waals surface area contributed by atoms with Crippen LogP contribution in [0, 0.1) is 0 Å². The van der Waals surface area contributed by atoms with Gasteiger partial charge in [0.15, 0.2) is 0 Å². The van der Waals surface area contributed by atoms with Crippen LogP contribution < -0.4 is 30.0 Å². The number of benzene rings is 3. The number of methoxy groups -OCH3 is 1. The number of urea groups is 1. The highest BCUT2D eigenvalue weighted by Gasteiger charge is 2.27. The molecule has 10 nitrogen and oxygen atoms in total. The van der Waals surface area contributed by atoms with Gasteiger partial charge in [-0.1, -0.05) is 35.3 Å². The van der Waals surface area contributed by atoms with E-state index in [1.165, 1.54) is 12.1 Å². The number of carbonyl (C=O) groups is 1. The first kappa shape index (κ1) is 28.6. The summed E-state index contributed by atoms with van der Waals surface area (Å²) in [7, 11) is 1.59. The molecule has 2 amide bonds. The summed E-state index contributed by atoms with van der Waals surface area (Å²) in [4.78, 5) is 17.1. The Morgan fingerprint density at radius 2 is 1.82 bits per heavy atom. The lowest BCUT2D eigenvalue weighted by Crippen LogP contribution is -2.34. The molecule has 1 aliphatic heterocycles. The Kier molecular flexibility index (Phi) is 9.96. The van der Waals surface area contributed by atoms with E-state index in [9.17, 15) is 9.90 Å². The highest BCUT2D eigenvalue weighted by Crippen LogP contribution is 2.37. The minimum Gasteiger partial charge on any atom is -0.497 e. The van der Waals surface area contributed by atoms with E-state index >= 15 is 0 Å². The number of rotatable bonds is 12. The maximum atomic E-state index is 11.5. The van der Waals surface area contributed by atoms with Crippen molar-refractivity contribution in [1.82, 2.24) is 5.06 Å². The van der Waals surface area contributed by atoms with Crippen molar-refractivity contribution >= 4 is 34.9 Å². The SMILES string of the molecule is COc1ccc(COc2cc(OC[C@@H](O)CN3C[C@@H](Oc4ccc(Cl)cc4)CO3)c(NC(N)=O)cc2Cl)cc1. The van der Waals surface area contributed by atoms with E-state index in [1.807, 2.05) is 24.3 Å². The van der Waals surface area contributed by atoms with E-state index < -0.39 is 12.1 Å². The summed E-state index contributed by atoms with van der Waals surface area (Å²) >= 11 is 12.3. The fourth-order valence-corrected chi connectivity index (χ4v) is 4.12. The minimum atomic E-state index is -0.917. The minimum absolute atomic E-state index is 0.102. The number of primary amides is 1. The number of ether oxygens (including phenoxy) is 4. The molecular formula is C27H29Cl2N3O7. The van der Waals surface area contributed by atoms with Crippen LogP contribution in [0.25, 0.3) is 0 Å². The molecule has 0 aliphatic carbocycles. The zero-order valence-electron chi connectivity index (χ0n) is 21.1. The highest BCUT2D eigenvalue weighted by molar-refractivity contribution is 6.32. The van der Waals surface area contributed by atoms with Gasteiger partial charge >= 0.3 is 6.03 Å². The van der Waals surface area contributed by atoms with E-state index in [2.05, 4.69) is 5.32 Å². The Labute approximate surface area is 236 Å². The first-order valence-electron chi connectivity index (χ1n) is 12.1. The van der Waals surface area contributed by atoms with Crippen LogP contribution in [0.5, 0.6) is 23.0 Å². The summed E-state index contributed by atoms with van der Waals surface area (Å²) in [6.45, 7) is 1.11. The number of nitrogens with one attached hydrogen (secondary N) is 1. The van der Waals surface area contributed by atoms with Crippen molar-refractivity contribution < 1.29 is 33.7 Å². The van der Waals surface area contributed by atoms with Gasteiger partial charge in [0.25, 0.3) is 0 Å². The average molecular weight is 578 g/mol. The number of anilines is 1. The van der Waals surface area contributed by atoms with Gasteiger partial charge in [-0.3, -0.25) is 4.84 Å². The lowest BCUT2D eigenvalue weighted by Gasteiger charge is -2.20. The number of halogens is 2. The van der Waals surface area contributed by atoms with Gasteiger partial charge in [-0.15, -0.1) is 0 Å². The number of nitrogens with zero attached hydrogens (tertiary/aromatic N) is 1. The zero-order valence-corrected chi connectivity index (χ0v) is 22.7. The molecule has 12 heteroatoms. The third kappa shape index (κ3) is 8.54. The summed E-state index contributed by atoms with van der Waals surface area (Å²) in [5.41, 5.74) is 6.44. The van der Waals surface area contributed by atoms with Gasteiger partial charge in [-0.25, -0.2) is 4.79 Å². The van der Waals surface area contributed by atoms with E-state index in [1.54, 1.807) is 36.4 Å². The van der Waals surface area contributed by atoms with Gasteiger partial charge in [0.05, 0.1) is 30.9 Å². The predicted octanol–water partition coefficient (Wildman–Crippen LogP) is 4.51. The maximum absolute atomic E-state index is 11.5. The fourth-order valence-electron chi connectivity index (χ4n) is 3.78. The molecule has 1 heterocycles. The molecule has 2 atom stereocenters. The molecule has 1 fully saturated rings. The number of carbonyl (C=O) groups excluding carboxylic acids is 1. The Hall–Kier alpha value is -3.41. The molecule has 208 valence electrons. The number of hydrogen-bond donors (Lipinski definition) is 3. The van der Waals surface area contributed by atoms with Crippen molar-refractivity contribution in [2.45, 2.75) is 18.8 Å². The largest absolute Gasteiger partial charge is 0.497 e. The van der Waals surface area contributed by atoms with Crippen LogP contribution in [-0.2, 0) is 11.4 Å². The number of hydrogen-bond acceptors (Lipinski definition) is 8. The molecule has 0 radical (unpaired) electrons. The molecule has 0 bridgehead atoms. The zero-order chi connectivity index (χ0) is 27.8. The van der Waals surface area contributed by atoms with Crippen LogP contribution in [0.3, 0.4) is 0 Å². The summed E-state index contributed by atoms with van der Waals surface area (Å²) in [5.74, 6) is 1.98. The monoisotopic (exact) mass is 577 g/mol. The van der Waals surface area contributed by atoms with Crippen molar-refractivity contribution in [3.05, 3.63) is 76.3 Å². The van der Waals surface area contributed by atoms with E-state index in [-0.39, 0.29) is 42.3 Å². The number of nitrogens with two attached hydrogens (primary N) is 1. The number of amides is 2. The van der Waals surface area contributed by atoms with E-state index in [4.69, 9.17) is 52.7 Å². The molecule has 0 aromatic heterocycles. The third-order valence-electron chi connectivity index (χ3n) is 5.66. The van der Waals surface area contributed by atoms with Gasteiger partial charge in [0, 0.05) is 11.1 Å². The molecule has 4 rings (SSSR count). The van der Waals surface area contributed by atoms with Gasteiger partial charge in [-0.05, 0) is 48.0 Å². The van der Waals surface area contributed by atoms with Crippen molar-refractivity contribution in [1.29, 1.82) is 0 Å². The van der Waals surface area contributed by atoms with Crippen LogP contribution in [-0.4, -0.2) is 61.8 Å². The van der Waals surface area contributed by atoms with Crippen LogP contribution in [0.2, 0.25) is 10.0 Å². The van der Waals surface area contributed by atoms with Crippen molar-refractivity contribution in [2.75, 3.05) is 38.7 Å². The van der Waals surface area contributed by atoms with Crippen LogP contribution in [0.15, 0.2) is 60.7 Å². The Morgan fingerprint density at radius 3 is 2.51 bits per heavy atom. The van der Waals surface area contributed by atoms with Crippen LogP contribution in [0.4, 0.5) is 10.5 Å². The summed E-state index contributed by atoms with van der Waals surface area (Å²) in [5, 5.41) is 15.5. The first-order chi connectivity index (χ1) is 18.8. The second-order valence-corrected chi connectivity index (χ2v) is 9.55. The molecule has 0 spiro atoms. The molecule has 1 aliphatic rings. The second kappa shape index (κ2) is 13.6. The molecule has 3 aromatic carbocycles. The van der Waals surface area contributed by atoms with Gasteiger partial charge in [0.1, 0.15) is 55.0 Å². The van der Waals surface area contributed by atoms with Crippen molar-refractivity contribution in [3.63, 3.8) is 0 Å². The Morgan fingerprint density at radius 1 is 1.10 bits per heavy atom. The smallest absolute Gasteiger partial charge is 0.316 e. The van der Waals surface area contributed by atoms with Crippen LogP contribution in [0.1, 0.15) is 5.56 Å². The Balaban J connectivity index is 1.33. The Bertz CT molecular complexity index is 1250. The number of hydroxylamine groups is 2. The summed E-state index contributed by atoms with van der Waals surface area (Å²) in [6, 6.07) is 16.7. The quantitative estimate of drug-likeness (QED) is 0.287. The molecule has 1 saturated heterocycles. The normalized spacial score (nSPS) is 15.9. The van der Waals surface area contributed by atoms with Crippen LogP contribution >= 0.6 is 23.2 Å². The van der Waals surface area contributed by atoms with Gasteiger partial charge in [-0.2, -0.15) is 5.06 Å². The standard InChI is InChI=1S/C27H29Cl2N3O7/c1-35-20-6-2-17(3-7-20)14-36-25-11-26(24(10-23(25)29)31-27(30)34)37-15-19(33)12-32-13-22(16-38-32)39-21-8-4-18(28)5-9-21/h2-11,19,22,33H,12-16H2,1H3,(H3,30,31,34)/t19-,22+/m0/s1. The first-order valence-corrected chi connectivity index (χ1v) is 12.8. The summed E-state index contributed by atoms with van der Waals surface area (Å²) < 4.78 is 22.8. The van der Waals surface area contributed by atoms with Gasteiger partial charge in [0.2, 0.25) is 0 Å². The topological polar surface area (TPSA) is 125 Å². The van der Waals surface area contributed by atoms with E-state index in [0.29, 0.717) is 29.7 Å². The molecule has 0 saturated carbocycles. The lowest BCUT2D eigenvalue weighted by atomic mass is 10.2. The molecule has 3 aromatic rings. The second-order valence-electron chi connectivity index (χ2n) is 8.71. The molecule has 4 N–H and O–H groups in total. The van der Waals surface area contributed by atoms with Gasteiger partial charge < -0.3 is 35.1 Å². The average Bonchev–Trinajstić information content (AvgIpc) is 3.35.